The number of furan rings is 1. The van der Waals surface area contributed by atoms with Crippen LogP contribution < -0.4 is 15.4 Å². The highest BCUT2D eigenvalue weighted by Gasteiger charge is 2.25. The van der Waals surface area contributed by atoms with E-state index in [2.05, 4.69) is 10.6 Å². The molecule has 0 fully saturated rings. The Kier molecular flexibility index (Phi) is 6.37. The molecule has 0 saturated carbocycles. The molecule has 3 N–H and O–H groups in total. The average Bonchev–Trinajstić information content (AvgIpc) is 3.12. The number of carboxylic acid groups (broad SMARTS) is 1. The Morgan fingerprint density at radius 1 is 1.19 bits per heavy atom. The van der Waals surface area contributed by atoms with Gasteiger partial charge in [-0.25, -0.2) is 4.79 Å². The first kappa shape index (κ1) is 19.0. The van der Waals surface area contributed by atoms with Gasteiger partial charge in [-0.3, -0.25) is 9.59 Å². The predicted octanol–water partition coefficient (Wildman–Crippen LogP) is 2.14. The summed E-state index contributed by atoms with van der Waals surface area (Å²) in [6, 6.07) is 8.66. The largest absolute Gasteiger partial charge is 0.482 e. The molecule has 2 aromatic rings. The molecule has 26 heavy (non-hydrogen) atoms. The zero-order chi connectivity index (χ0) is 19.1. The molecule has 2 rings (SSSR count). The molecule has 1 aromatic heterocycles. The molecule has 1 heterocycles. The van der Waals surface area contributed by atoms with E-state index in [1.807, 2.05) is 0 Å². The molecule has 0 aliphatic heterocycles. The van der Waals surface area contributed by atoms with Crippen LogP contribution in [0.25, 0.3) is 0 Å². The van der Waals surface area contributed by atoms with Gasteiger partial charge in [-0.1, -0.05) is 19.9 Å². The lowest BCUT2D eigenvalue weighted by molar-refractivity contribution is -0.139. The Balaban J connectivity index is 2.04. The number of rotatable bonds is 8. The Bertz CT molecular complexity index is 770. The van der Waals surface area contributed by atoms with Crippen LogP contribution in [-0.4, -0.2) is 35.5 Å². The Hall–Kier alpha value is -3.29. The lowest BCUT2D eigenvalue weighted by Crippen LogP contribution is -2.47. The number of ether oxygens (including phenoxy) is 1. The molecule has 1 aromatic carbocycles. The third-order valence-corrected chi connectivity index (χ3v) is 3.44. The minimum absolute atomic E-state index is 0.118. The Morgan fingerprint density at radius 2 is 1.96 bits per heavy atom. The lowest BCUT2D eigenvalue weighted by Gasteiger charge is -2.21. The van der Waals surface area contributed by atoms with Crippen molar-refractivity contribution in [3.63, 3.8) is 0 Å². The van der Waals surface area contributed by atoms with Gasteiger partial charge < -0.3 is 24.9 Å². The lowest BCUT2D eigenvalue weighted by atomic mass is 10.0. The number of carbonyl (C=O) groups excluding carboxylic acids is 2. The van der Waals surface area contributed by atoms with E-state index in [1.54, 1.807) is 38.1 Å². The zero-order valence-electron chi connectivity index (χ0n) is 14.4. The highest BCUT2D eigenvalue weighted by Crippen LogP contribution is 2.18. The van der Waals surface area contributed by atoms with Gasteiger partial charge in [0, 0.05) is 11.8 Å². The summed E-state index contributed by atoms with van der Waals surface area (Å²) in [5.41, 5.74) is 0.427. The van der Waals surface area contributed by atoms with E-state index in [9.17, 15) is 14.4 Å². The van der Waals surface area contributed by atoms with E-state index in [-0.39, 0.29) is 11.7 Å². The molecule has 0 aliphatic rings. The smallest absolute Gasteiger partial charge is 0.341 e. The van der Waals surface area contributed by atoms with Crippen LogP contribution in [0, 0.1) is 5.92 Å². The fourth-order valence-corrected chi connectivity index (χ4v) is 2.18. The van der Waals surface area contributed by atoms with Gasteiger partial charge in [0.05, 0.1) is 6.26 Å². The second-order valence-corrected chi connectivity index (χ2v) is 5.87. The van der Waals surface area contributed by atoms with Crippen LogP contribution in [-0.2, 0) is 9.59 Å². The van der Waals surface area contributed by atoms with Gasteiger partial charge in [-0.05, 0) is 30.2 Å². The molecule has 0 bridgehead atoms. The van der Waals surface area contributed by atoms with Crippen molar-refractivity contribution in [1.29, 1.82) is 0 Å². The van der Waals surface area contributed by atoms with Crippen LogP contribution in [0.3, 0.4) is 0 Å². The number of nitrogens with one attached hydrogen (secondary N) is 2. The summed E-state index contributed by atoms with van der Waals surface area (Å²) in [5, 5.41) is 14.0. The van der Waals surface area contributed by atoms with E-state index in [4.69, 9.17) is 14.3 Å². The quantitative estimate of drug-likeness (QED) is 0.664. The number of hydrogen-bond donors (Lipinski definition) is 3. The van der Waals surface area contributed by atoms with Crippen LogP contribution in [0.2, 0.25) is 0 Å². The molecule has 2 amide bonds. The van der Waals surface area contributed by atoms with Crippen LogP contribution in [0.1, 0.15) is 24.4 Å². The van der Waals surface area contributed by atoms with Gasteiger partial charge in [0.15, 0.2) is 12.4 Å². The first-order valence-electron chi connectivity index (χ1n) is 7.96. The fraction of sp³-hybridized carbons (Fsp3) is 0.278. The number of amides is 2. The van der Waals surface area contributed by atoms with Crippen molar-refractivity contribution in [1.82, 2.24) is 5.32 Å². The first-order valence-corrected chi connectivity index (χ1v) is 7.96. The number of hydrogen-bond acceptors (Lipinski definition) is 5. The third kappa shape index (κ3) is 5.37. The topological polar surface area (TPSA) is 118 Å². The fourth-order valence-electron chi connectivity index (χ4n) is 2.18. The molecule has 8 nitrogen and oxygen atoms in total. The van der Waals surface area contributed by atoms with Crippen molar-refractivity contribution in [2.45, 2.75) is 19.9 Å². The molecular formula is C18H20N2O6. The highest BCUT2D eigenvalue weighted by atomic mass is 16.5. The predicted molar refractivity (Wildman–Crippen MR) is 93.0 cm³/mol. The maximum Gasteiger partial charge on any atom is 0.341 e. The first-order chi connectivity index (χ1) is 12.4. The molecule has 0 saturated heterocycles. The van der Waals surface area contributed by atoms with E-state index in [0.29, 0.717) is 11.4 Å². The molecule has 1 atom stereocenters. The number of benzene rings is 1. The molecule has 138 valence electrons. The molecule has 0 spiro atoms. The van der Waals surface area contributed by atoms with E-state index >= 15 is 0 Å². The van der Waals surface area contributed by atoms with Gasteiger partial charge in [0.1, 0.15) is 11.8 Å². The van der Waals surface area contributed by atoms with Crippen molar-refractivity contribution in [3.05, 3.63) is 48.4 Å². The highest BCUT2D eigenvalue weighted by molar-refractivity contribution is 6.00. The third-order valence-electron chi connectivity index (χ3n) is 3.44. The Morgan fingerprint density at radius 3 is 2.58 bits per heavy atom. The number of carboxylic acids is 1. The van der Waals surface area contributed by atoms with E-state index in [0.717, 1.165) is 0 Å². The summed E-state index contributed by atoms with van der Waals surface area (Å²) in [7, 11) is 0. The normalized spacial score (nSPS) is 11.7. The number of carbonyl (C=O) groups is 3. The molecule has 0 radical (unpaired) electrons. The van der Waals surface area contributed by atoms with Crippen molar-refractivity contribution < 1.29 is 28.6 Å². The minimum Gasteiger partial charge on any atom is -0.482 e. The molecular weight excluding hydrogens is 340 g/mol. The summed E-state index contributed by atoms with van der Waals surface area (Å²) in [5.74, 6) is -1.73. The summed E-state index contributed by atoms with van der Waals surface area (Å²) >= 11 is 0. The monoisotopic (exact) mass is 360 g/mol. The summed E-state index contributed by atoms with van der Waals surface area (Å²) < 4.78 is 10.1. The van der Waals surface area contributed by atoms with Crippen molar-refractivity contribution >= 4 is 23.5 Å². The summed E-state index contributed by atoms with van der Waals surface area (Å²) in [6.07, 6.45) is 1.38. The average molecular weight is 360 g/mol. The van der Waals surface area contributed by atoms with E-state index in [1.165, 1.54) is 18.4 Å². The second-order valence-electron chi connectivity index (χ2n) is 5.87. The minimum atomic E-state index is -1.10. The van der Waals surface area contributed by atoms with E-state index < -0.39 is 30.4 Å². The van der Waals surface area contributed by atoms with Crippen molar-refractivity contribution in [2.24, 2.45) is 5.92 Å². The van der Waals surface area contributed by atoms with Crippen LogP contribution in [0.5, 0.6) is 5.75 Å². The van der Waals surface area contributed by atoms with Gasteiger partial charge >= 0.3 is 5.97 Å². The SMILES string of the molecule is CC(C)C(NC(=O)c1ccco1)C(=O)Nc1cccc(OCC(=O)O)c1. The standard InChI is InChI=1S/C18H20N2O6/c1-11(2)16(20-17(23)14-7-4-8-25-14)18(24)19-12-5-3-6-13(9-12)26-10-15(21)22/h3-9,11,16H,10H2,1-2H3,(H,19,24)(H,20,23)(H,21,22). The molecule has 0 aliphatic carbocycles. The zero-order valence-corrected chi connectivity index (χ0v) is 14.4. The Labute approximate surface area is 150 Å². The number of anilines is 1. The van der Waals surface area contributed by atoms with Gasteiger partial charge in [0.25, 0.3) is 5.91 Å². The molecule has 8 heteroatoms. The van der Waals surface area contributed by atoms with Crippen LogP contribution >= 0.6 is 0 Å². The molecule has 1 unspecified atom stereocenters. The van der Waals surface area contributed by atoms with Crippen LogP contribution in [0.15, 0.2) is 47.1 Å². The van der Waals surface area contributed by atoms with Crippen molar-refractivity contribution in [2.75, 3.05) is 11.9 Å². The van der Waals surface area contributed by atoms with Crippen LogP contribution in [0.4, 0.5) is 5.69 Å². The summed E-state index contributed by atoms with van der Waals surface area (Å²) in [4.78, 5) is 35.2. The maximum atomic E-state index is 12.5. The van der Waals surface area contributed by atoms with Crippen molar-refractivity contribution in [3.8, 4) is 5.75 Å². The number of aliphatic carboxylic acids is 1. The maximum absolute atomic E-state index is 12.5. The van der Waals surface area contributed by atoms with Gasteiger partial charge in [0.2, 0.25) is 5.91 Å². The summed E-state index contributed by atoms with van der Waals surface area (Å²) in [6.45, 7) is 3.13. The second kappa shape index (κ2) is 8.70. The van der Waals surface area contributed by atoms with Gasteiger partial charge in [-0.2, -0.15) is 0 Å². The van der Waals surface area contributed by atoms with Gasteiger partial charge in [-0.15, -0.1) is 0 Å².